The van der Waals surface area contributed by atoms with E-state index in [1.807, 2.05) is 82.7 Å². The van der Waals surface area contributed by atoms with Crippen LogP contribution in [0.15, 0.2) is 60.7 Å². The molecule has 0 fully saturated rings. The summed E-state index contributed by atoms with van der Waals surface area (Å²) in [5.41, 5.74) is 10.6. The van der Waals surface area contributed by atoms with Gasteiger partial charge in [0.2, 0.25) is 0 Å². The predicted octanol–water partition coefficient (Wildman–Crippen LogP) is 10.1. The monoisotopic (exact) mass is 827 g/mol. The molecule has 4 aromatic heterocycles. The Bertz CT molecular complexity index is 2910. The number of ether oxygens (including phenoxy) is 1. The summed E-state index contributed by atoms with van der Waals surface area (Å²) >= 11 is 13.6. The number of aromatic nitrogens is 5. The fourth-order valence-electron chi connectivity index (χ4n) is 8.81. The third kappa shape index (κ3) is 6.80. The zero-order valence-corrected chi connectivity index (χ0v) is 35.5. The maximum Gasteiger partial charge on any atom is 0.352 e. The molecule has 1 aliphatic heterocycles. The maximum absolute atomic E-state index is 15.5. The van der Waals surface area contributed by atoms with E-state index < -0.39 is 5.97 Å². The fraction of sp³-hybridized carbons (Fsp3) is 0.283. The van der Waals surface area contributed by atoms with E-state index in [0.717, 1.165) is 66.4 Å². The van der Waals surface area contributed by atoms with Gasteiger partial charge in [-0.2, -0.15) is 10.4 Å². The number of amides is 1. The van der Waals surface area contributed by atoms with E-state index in [0.29, 0.717) is 59.0 Å². The summed E-state index contributed by atoms with van der Waals surface area (Å²) in [6, 6.07) is 20.2. The van der Waals surface area contributed by atoms with Crippen LogP contribution in [0.2, 0.25) is 10.0 Å². The Morgan fingerprint density at radius 2 is 1.75 bits per heavy atom. The topological polar surface area (TPSA) is 131 Å². The van der Waals surface area contributed by atoms with Crippen LogP contribution < -0.4 is 9.64 Å². The highest BCUT2D eigenvalue weighted by molar-refractivity contribution is 6.35. The first-order chi connectivity index (χ1) is 28.2. The SMILES string of the molecule is Cc1cc(N2CC(C)n3c(c(CCCOc4cc(C)c(Cl)c(C)c4)c4ccc(Cl)c(-c5c(C)nn(C)c5C)c43)C2=O)c2c(c1)cc(C(=O)O)n2Cc1cccc(C#N)n1. The van der Waals surface area contributed by atoms with Crippen LogP contribution in [0.4, 0.5) is 5.69 Å². The van der Waals surface area contributed by atoms with Crippen LogP contribution in [0.25, 0.3) is 32.9 Å². The first-order valence-corrected chi connectivity index (χ1v) is 20.2. The van der Waals surface area contributed by atoms with Gasteiger partial charge in [0, 0.05) is 52.3 Å². The molecular formula is C46H43Cl2N7O4. The number of nitriles is 1. The first-order valence-electron chi connectivity index (χ1n) is 19.5. The van der Waals surface area contributed by atoms with Crippen molar-refractivity contribution in [3.8, 4) is 22.9 Å². The number of hydrogen-bond acceptors (Lipinski definition) is 6. The summed E-state index contributed by atoms with van der Waals surface area (Å²) in [7, 11) is 1.91. The van der Waals surface area contributed by atoms with Gasteiger partial charge in [0.1, 0.15) is 28.9 Å². The van der Waals surface area contributed by atoms with Crippen molar-refractivity contribution < 1.29 is 19.4 Å². The Morgan fingerprint density at radius 3 is 2.42 bits per heavy atom. The lowest BCUT2D eigenvalue weighted by Gasteiger charge is -2.35. The van der Waals surface area contributed by atoms with Crippen LogP contribution in [0.5, 0.6) is 5.75 Å². The van der Waals surface area contributed by atoms with Gasteiger partial charge in [-0.1, -0.05) is 35.3 Å². The van der Waals surface area contributed by atoms with Crippen molar-refractivity contribution in [1.82, 2.24) is 23.9 Å². The van der Waals surface area contributed by atoms with Gasteiger partial charge in [0.15, 0.2) is 0 Å². The maximum atomic E-state index is 15.5. The third-order valence-electron chi connectivity index (χ3n) is 11.4. The van der Waals surface area contributed by atoms with Gasteiger partial charge in [-0.15, -0.1) is 0 Å². The molecule has 0 saturated carbocycles. The zero-order chi connectivity index (χ0) is 42.0. The molecule has 1 unspecified atom stereocenters. The van der Waals surface area contributed by atoms with Crippen LogP contribution in [0, 0.1) is 45.9 Å². The fourth-order valence-corrected chi connectivity index (χ4v) is 9.17. The lowest BCUT2D eigenvalue weighted by atomic mass is 9.98. The van der Waals surface area contributed by atoms with Crippen LogP contribution >= 0.6 is 23.2 Å². The molecule has 13 heteroatoms. The van der Waals surface area contributed by atoms with Crippen LogP contribution in [0.1, 0.15) is 85.4 Å². The second kappa shape index (κ2) is 15.3. The molecule has 7 aromatic rings. The number of carbonyl (C=O) groups excluding carboxylic acids is 1. The molecule has 1 N–H and O–H groups in total. The van der Waals surface area contributed by atoms with E-state index in [1.54, 1.807) is 33.7 Å². The number of aryl methyl sites for hydroxylation is 6. The zero-order valence-electron chi connectivity index (χ0n) is 33.9. The molecular weight excluding hydrogens is 785 g/mol. The van der Waals surface area contributed by atoms with Gasteiger partial charge in [0.25, 0.3) is 5.91 Å². The van der Waals surface area contributed by atoms with E-state index in [9.17, 15) is 15.2 Å². The molecule has 8 rings (SSSR count). The number of carboxylic acid groups (broad SMARTS) is 1. The van der Waals surface area contributed by atoms with Crippen molar-refractivity contribution in [1.29, 1.82) is 5.26 Å². The molecule has 5 heterocycles. The molecule has 0 bridgehead atoms. The largest absolute Gasteiger partial charge is 0.494 e. The van der Waals surface area contributed by atoms with E-state index in [2.05, 4.69) is 22.5 Å². The smallest absolute Gasteiger partial charge is 0.352 e. The molecule has 11 nitrogen and oxygen atoms in total. The Balaban J connectivity index is 1.30. The predicted molar refractivity (Wildman–Crippen MR) is 231 cm³/mol. The van der Waals surface area contributed by atoms with E-state index in [4.69, 9.17) is 33.0 Å². The summed E-state index contributed by atoms with van der Waals surface area (Å²) in [6.45, 7) is 12.7. The van der Waals surface area contributed by atoms with Crippen molar-refractivity contribution in [2.45, 2.75) is 67.0 Å². The quantitative estimate of drug-likeness (QED) is 0.136. The second-order valence-electron chi connectivity index (χ2n) is 15.5. The molecule has 1 amide bonds. The molecule has 0 aliphatic carbocycles. The highest BCUT2D eigenvalue weighted by Crippen LogP contribution is 2.46. The van der Waals surface area contributed by atoms with E-state index in [1.165, 1.54) is 0 Å². The van der Waals surface area contributed by atoms with Gasteiger partial charge in [-0.3, -0.25) is 9.48 Å². The van der Waals surface area contributed by atoms with E-state index in [-0.39, 0.29) is 29.9 Å². The Labute approximate surface area is 352 Å². The van der Waals surface area contributed by atoms with Gasteiger partial charge in [-0.25, -0.2) is 9.78 Å². The molecule has 300 valence electrons. The number of carboxylic acids is 1. The number of carbonyl (C=O) groups is 2. The summed E-state index contributed by atoms with van der Waals surface area (Å²) < 4.78 is 11.9. The van der Waals surface area contributed by atoms with Gasteiger partial charge >= 0.3 is 5.97 Å². The normalized spacial score (nSPS) is 14.0. The highest BCUT2D eigenvalue weighted by Gasteiger charge is 2.38. The van der Waals surface area contributed by atoms with Crippen molar-refractivity contribution in [2.24, 2.45) is 7.05 Å². The molecule has 59 heavy (non-hydrogen) atoms. The van der Waals surface area contributed by atoms with Crippen LogP contribution in [-0.2, 0) is 20.0 Å². The van der Waals surface area contributed by atoms with Crippen LogP contribution in [0.3, 0.4) is 0 Å². The van der Waals surface area contributed by atoms with E-state index >= 15 is 4.79 Å². The molecule has 1 atom stereocenters. The lowest BCUT2D eigenvalue weighted by Crippen LogP contribution is -2.43. The van der Waals surface area contributed by atoms with Gasteiger partial charge in [-0.05, 0) is 125 Å². The van der Waals surface area contributed by atoms with Gasteiger partial charge in [0.05, 0.1) is 46.3 Å². The average molecular weight is 829 g/mol. The number of hydrogen-bond donors (Lipinski definition) is 1. The average Bonchev–Trinajstić information content (AvgIpc) is 3.81. The van der Waals surface area contributed by atoms with Crippen LogP contribution in [-0.4, -0.2) is 54.0 Å². The number of fused-ring (bicyclic) bond motifs is 4. The van der Waals surface area contributed by atoms with Crippen molar-refractivity contribution >= 4 is 62.6 Å². The number of benzene rings is 3. The number of nitrogens with zero attached hydrogens (tertiary/aromatic N) is 7. The Kier molecular flexibility index (Phi) is 10.3. The standard InChI is InChI=1S/C46H43Cl2N7O4/c1-24-16-30-20-38(46(57)58)53(23-32-11-8-10-31(21-49)50-32)42(30)37(17-24)54-22-27(4)55-43-35(13-14-36(47)40(43)39-28(5)51-52(7)29(39)6)34(44(55)45(54)56)12-9-15-59-33-18-25(2)41(48)26(3)19-33/h8,10-11,13-14,16-20,27H,9,12,15,22-23H2,1-7H3,(H,57,58). The molecule has 0 spiro atoms. The summed E-state index contributed by atoms with van der Waals surface area (Å²) in [5, 5.41) is 27.6. The minimum absolute atomic E-state index is 0.0517. The molecule has 3 aromatic carbocycles. The second-order valence-corrected chi connectivity index (χ2v) is 16.3. The van der Waals surface area contributed by atoms with Crippen molar-refractivity contribution in [3.05, 3.63) is 127 Å². The molecule has 0 radical (unpaired) electrons. The summed E-state index contributed by atoms with van der Waals surface area (Å²) in [6.07, 6.45) is 1.15. The molecule has 0 saturated heterocycles. The number of anilines is 1. The minimum atomic E-state index is -1.11. The number of pyridine rings is 1. The number of halogens is 2. The van der Waals surface area contributed by atoms with Crippen molar-refractivity contribution in [2.75, 3.05) is 18.1 Å². The Morgan fingerprint density at radius 1 is 1.00 bits per heavy atom. The highest BCUT2D eigenvalue weighted by atomic mass is 35.5. The first kappa shape index (κ1) is 39.7. The van der Waals surface area contributed by atoms with Crippen molar-refractivity contribution in [3.63, 3.8) is 0 Å². The molecule has 1 aliphatic rings. The Hall–Kier alpha value is -6.09. The summed E-state index contributed by atoms with van der Waals surface area (Å²) in [5.74, 6) is -0.581. The summed E-state index contributed by atoms with van der Waals surface area (Å²) in [4.78, 5) is 34.5. The van der Waals surface area contributed by atoms with Gasteiger partial charge < -0.3 is 23.9 Å². The minimum Gasteiger partial charge on any atom is -0.494 e. The number of aromatic carboxylic acids is 1. The lowest BCUT2D eigenvalue weighted by molar-refractivity contribution is 0.0686. The number of rotatable bonds is 10. The third-order valence-corrected chi connectivity index (χ3v) is 12.3.